The second-order valence-electron chi connectivity index (χ2n) is 5.59. The summed E-state index contributed by atoms with van der Waals surface area (Å²) in [5.41, 5.74) is 0.756. The quantitative estimate of drug-likeness (QED) is 0.674. The van der Waals surface area contributed by atoms with Crippen LogP contribution in [0, 0.1) is 0 Å². The lowest BCUT2D eigenvalue weighted by atomic mass is 10.1. The molecule has 0 saturated heterocycles. The van der Waals surface area contributed by atoms with Crippen LogP contribution in [0.4, 0.5) is 13.2 Å². The van der Waals surface area contributed by atoms with Crippen LogP contribution in [0.1, 0.15) is 15.9 Å². The Hall–Kier alpha value is -3.30. The first-order valence-electron chi connectivity index (χ1n) is 8.11. The third-order valence-corrected chi connectivity index (χ3v) is 3.37. The van der Waals surface area contributed by atoms with E-state index >= 15 is 0 Å². The summed E-state index contributed by atoms with van der Waals surface area (Å²) >= 11 is 0. The molecule has 0 bridgehead atoms. The van der Waals surface area contributed by atoms with Gasteiger partial charge in [0.05, 0.1) is 0 Å². The van der Waals surface area contributed by atoms with Gasteiger partial charge in [-0.15, -0.1) is 0 Å². The average molecular weight is 398 g/mol. The van der Waals surface area contributed by atoms with Crippen molar-refractivity contribution in [2.75, 3.05) is 19.8 Å². The molecule has 7 nitrogen and oxygen atoms in total. The summed E-state index contributed by atoms with van der Waals surface area (Å²) < 4.78 is 46.5. The number of rotatable bonds is 9. The topological polar surface area (TPSA) is 97.8 Å². The fourth-order valence-corrected chi connectivity index (χ4v) is 2.14. The molecule has 0 fully saturated rings. The van der Waals surface area contributed by atoms with Crippen molar-refractivity contribution in [2.24, 2.45) is 0 Å². The van der Waals surface area contributed by atoms with E-state index in [1.54, 1.807) is 24.3 Å². The largest absolute Gasteiger partial charge is 0.482 e. The number of hydrogen-bond acceptors (Lipinski definition) is 5. The number of aromatic nitrogens is 1. The SMILES string of the molecule is O=C(O)COc1ccc(CCNC(=O)c2cccnc2OCC(F)(F)F)cc1. The van der Waals surface area contributed by atoms with Gasteiger partial charge in [0.1, 0.15) is 11.3 Å². The molecule has 150 valence electrons. The number of nitrogens with zero attached hydrogens (tertiary/aromatic N) is 1. The van der Waals surface area contributed by atoms with Crippen LogP contribution >= 0.6 is 0 Å². The van der Waals surface area contributed by atoms with Gasteiger partial charge in [-0.2, -0.15) is 13.2 Å². The molecular formula is C18H17F3N2O5. The Bertz CT molecular complexity index is 810. The number of benzene rings is 1. The highest BCUT2D eigenvalue weighted by atomic mass is 19.4. The number of ether oxygens (including phenoxy) is 2. The zero-order chi connectivity index (χ0) is 20.6. The molecule has 0 aliphatic heterocycles. The number of pyridine rings is 1. The van der Waals surface area contributed by atoms with Gasteiger partial charge in [-0.05, 0) is 36.2 Å². The standard InChI is InChI=1S/C18H17F3N2O5/c19-18(20,21)11-28-17-14(2-1-8-23-17)16(26)22-9-7-12-3-5-13(6-4-12)27-10-15(24)25/h1-6,8H,7,9-11H2,(H,22,26)(H,24,25). The van der Waals surface area contributed by atoms with Crippen LogP contribution in [-0.2, 0) is 11.2 Å². The Balaban J connectivity index is 1.86. The predicted molar refractivity (Wildman–Crippen MR) is 91.4 cm³/mol. The van der Waals surface area contributed by atoms with Crippen molar-refractivity contribution in [3.05, 3.63) is 53.7 Å². The lowest BCUT2D eigenvalue weighted by molar-refractivity contribution is -0.154. The lowest BCUT2D eigenvalue weighted by Gasteiger charge is -2.12. The monoisotopic (exact) mass is 398 g/mol. The molecule has 1 aromatic carbocycles. The Kier molecular flexibility index (Phi) is 7.19. The minimum Gasteiger partial charge on any atom is -0.482 e. The maximum atomic E-state index is 12.3. The van der Waals surface area contributed by atoms with Crippen LogP contribution in [-0.4, -0.2) is 47.9 Å². The number of halogens is 3. The first-order chi connectivity index (χ1) is 13.2. The highest BCUT2D eigenvalue weighted by Gasteiger charge is 2.29. The molecule has 0 saturated carbocycles. The highest BCUT2D eigenvalue weighted by molar-refractivity contribution is 5.96. The first-order valence-corrected chi connectivity index (χ1v) is 8.11. The maximum absolute atomic E-state index is 12.3. The number of carboxylic acids is 1. The molecule has 0 atom stereocenters. The van der Waals surface area contributed by atoms with Crippen LogP contribution in [0.25, 0.3) is 0 Å². The van der Waals surface area contributed by atoms with Crippen LogP contribution in [0.5, 0.6) is 11.6 Å². The second kappa shape index (κ2) is 9.58. The Morgan fingerprint density at radius 2 is 1.82 bits per heavy atom. The minimum atomic E-state index is -4.54. The van der Waals surface area contributed by atoms with Crippen molar-refractivity contribution < 1.29 is 37.3 Å². The van der Waals surface area contributed by atoms with Crippen molar-refractivity contribution in [2.45, 2.75) is 12.6 Å². The number of nitrogens with one attached hydrogen (secondary N) is 1. The number of amides is 1. The Labute approximate surface area is 158 Å². The highest BCUT2D eigenvalue weighted by Crippen LogP contribution is 2.20. The van der Waals surface area contributed by atoms with Crippen molar-refractivity contribution in [3.63, 3.8) is 0 Å². The molecule has 0 aliphatic rings. The molecule has 1 aromatic heterocycles. The molecule has 0 spiro atoms. The molecule has 10 heteroatoms. The third kappa shape index (κ3) is 7.14. The number of hydrogen-bond donors (Lipinski definition) is 2. The maximum Gasteiger partial charge on any atom is 0.422 e. The van der Waals surface area contributed by atoms with Crippen molar-refractivity contribution in [3.8, 4) is 11.6 Å². The summed E-state index contributed by atoms with van der Waals surface area (Å²) in [7, 11) is 0. The fraction of sp³-hybridized carbons (Fsp3) is 0.278. The molecule has 1 heterocycles. The second-order valence-corrected chi connectivity index (χ2v) is 5.59. The first kappa shape index (κ1) is 21.0. The Morgan fingerprint density at radius 1 is 1.11 bits per heavy atom. The van der Waals surface area contributed by atoms with Gasteiger partial charge in [0.2, 0.25) is 5.88 Å². The summed E-state index contributed by atoms with van der Waals surface area (Å²) in [6.07, 6.45) is -2.86. The lowest BCUT2D eigenvalue weighted by Crippen LogP contribution is -2.27. The van der Waals surface area contributed by atoms with E-state index in [0.717, 1.165) is 5.56 Å². The molecule has 2 N–H and O–H groups in total. The molecule has 0 aliphatic carbocycles. The van der Waals surface area contributed by atoms with E-state index in [2.05, 4.69) is 15.0 Å². The summed E-state index contributed by atoms with van der Waals surface area (Å²) in [5, 5.41) is 11.1. The third-order valence-electron chi connectivity index (χ3n) is 3.37. The van der Waals surface area contributed by atoms with E-state index in [1.165, 1.54) is 18.3 Å². The average Bonchev–Trinajstić information content (AvgIpc) is 2.65. The van der Waals surface area contributed by atoms with Gasteiger partial charge in [-0.1, -0.05) is 12.1 Å². The van der Waals surface area contributed by atoms with E-state index in [0.29, 0.717) is 12.2 Å². The number of aliphatic carboxylic acids is 1. The fourth-order valence-electron chi connectivity index (χ4n) is 2.14. The summed E-state index contributed by atoms with van der Waals surface area (Å²) in [6, 6.07) is 9.37. The van der Waals surface area contributed by atoms with Gasteiger partial charge < -0.3 is 19.9 Å². The molecule has 0 unspecified atom stereocenters. The predicted octanol–water partition coefficient (Wildman–Crippen LogP) is 2.46. The van der Waals surface area contributed by atoms with Gasteiger partial charge in [0, 0.05) is 12.7 Å². The van der Waals surface area contributed by atoms with E-state index < -0.39 is 37.1 Å². The van der Waals surface area contributed by atoms with Crippen molar-refractivity contribution in [1.29, 1.82) is 0 Å². The number of carboxylic acid groups (broad SMARTS) is 1. The van der Waals surface area contributed by atoms with Gasteiger partial charge in [0.15, 0.2) is 13.2 Å². The zero-order valence-corrected chi connectivity index (χ0v) is 14.5. The molecule has 2 rings (SSSR count). The zero-order valence-electron chi connectivity index (χ0n) is 14.5. The number of alkyl halides is 3. The molecule has 2 aromatic rings. The van der Waals surface area contributed by atoms with Crippen molar-refractivity contribution >= 4 is 11.9 Å². The summed E-state index contributed by atoms with van der Waals surface area (Å²) in [4.78, 5) is 26.3. The van der Waals surface area contributed by atoms with Crippen LogP contribution in [0.2, 0.25) is 0 Å². The van der Waals surface area contributed by atoms with Crippen LogP contribution in [0.15, 0.2) is 42.6 Å². The van der Waals surface area contributed by atoms with Crippen LogP contribution in [0.3, 0.4) is 0 Å². The molecular weight excluding hydrogens is 381 g/mol. The minimum absolute atomic E-state index is 0.0934. The molecule has 0 radical (unpaired) electrons. The van der Waals surface area contributed by atoms with Crippen molar-refractivity contribution in [1.82, 2.24) is 10.3 Å². The molecule has 1 amide bonds. The van der Waals surface area contributed by atoms with E-state index in [4.69, 9.17) is 9.84 Å². The summed E-state index contributed by atoms with van der Waals surface area (Å²) in [5.74, 6) is -1.68. The number of carbonyl (C=O) groups excluding carboxylic acids is 1. The smallest absolute Gasteiger partial charge is 0.422 e. The van der Waals surface area contributed by atoms with Gasteiger partial charge >= 0.3 is 12.1 Å². The van der Waals surface area contributed by atoms with Crippen LogP contribution < -0.4 is 14.8 Å². The molecule has 28 heavy (non-hydrogen) atoms. The Morgan fingerprint density at radius 3 is 2.46 bits per heavy atom. The van der Waals surface area contributed by atoms with Gasteiger partial charge in [-0.3, -0.25) is 4.79 Å². The normalized spacial score (nSPS) is 11.0. The van der Waals surface area contributed by atoms with Gasteiger partial charge in [0.25, 0.3) is 5.91 Å². The summed E-state index contributed by atoms with van der Waals surface area (Å²) in [6.45, 7) is -1.76. The van der Waals surface area contributed by atoms with Gasteiger partial charge in [-0.25, -0.2) is 9.78 Å². The van der Waals surface area contributed by atoms with E-state index in [-0.39, 0.29) is 12.1 Å². The van der Waals surface area contributed by atoms with E-state index in [1.807, 2.05) is 0 Å². The van der Waals surface area contributed by atoms with E-state index in [9.17, 15) is 22.8 Å². The number of carbonyl (C=O) groups is 2.